The Hall–Kier alpha value is -3.29. The molecule has 0 unspecified atom stereocenters. The Morgan fingerprint density at radius 2 is 1.81 bits per heavy atom. The van der Waals surface area contributed by atoms with Gasteiger partial charge in [-0.1, -0.05) is 11.6 Å². The predicted molar refractivity (Wildman–Crippen MR) is 134 cm³/mol. The first-order valence-corrected chi connectivity index (χ1v) is 13.9. The highest BCUT2D eigenvalue weighted by Crippen LogP contribution is 2.41. The third-order valence-electron chi connectivity index (χ3n) is 5.93. The molecule has 1 aliphatic heterocycles. The third kappa shape index (κ3) is 4.99. The van der Waals surface area contributed by atoms with Gasteiger partial charge in [-0.25, -0.2) is 8.78 Å². The molecule has 0 bridgehead atoms. The summed E-state index contributed by atoms with van der Waals surface area (Å²) < 4.78 is 48.1. The Balaban J connectivity index is 1.79. The molecule has 0 saturated carbocycles. The second-order valence-electron chi connectivity index (χ2n) is 8.72. The molecule has 3 aromatic rings. The zero-order valence-electron chi connectivity index (χ0n) is 19.7. The normalized spacial score (nSPS) is 17.8. The Morgan fingerprint density at radius 3 is 2.39 bits per heavy atom. The van der Waals surface area contributed by atoms with Gasteiger partial charge in [0, 0.05) is 46.9 Å². The van der Waals surface area contributed by atoms with Gasteiger partial charge >= 0.3 is 0 Å². The van der Waals surface area contributed by atoms with Crippen LogP contribution in [0.25, 0.3) is 0 Å². The van der Waals surface area contributed by atoms with Gasteiger partial charge in [0.05, 0.1) is 12.8 Å². The molecule has 2 heterocycles. The smallest absolute Gasteiger partial charge is 0.251 e. The number of nitrogens with one attached hydrogen (secondary N) is 1. The predicted octanol–water partition coefficient (Wildman–Crippen LogP) is 4.20. The van der Waals surface area contributed by atoms with Crippen LogP contribution in [0, 0.1) is 11.6 Å². The summed E-state index contributed by atoms with van der Waals surface area (Å²) in [6.45, 7) is 2.85. The summed E-state index contributed by atoms with van der Waals surface area (Å²) in [6, 6.07) is 9.85. The number of carbonyl (C=O) groups is 2. The van der Waals surface area contributed by atoms with E-state index >= 15 is 8.78 Å². The van der Waals surface area contributed by atoms with Crippen LogP contribution < -0.4 is 20.4 Å². The molecular weight excluding hydrogens is 511 g/mol. The summed E-state index contributed by atoms with van der Waals surface area (Å²) in [6.07, 6.45) is 1.46. The first-order chi connectivity index (χ1) is 17.0. The lowest BCUT2D eigenvalue weighted by molar-refractivity contribution is -0.118. The van der Waals surface area contributed by atoms with E-state index in [9.17, 15) is 14.2 Å². The third-order valence-corrected chi connectivity index (χ3v) is 7.55. The number of carbonyl (C=O) groups excluding carboxylic acids is 2. The van der Waals surface area contributed by atoms with E-state index in [1.54, 1.807) is 12.1 Å². The topological polar surface area (TPSA) is 88.6 Å². The van der Waals surface area contributed by atoms with E-state index in [0.29, 0.717) is 5.02 Å². The van der Waals surface area contributed by atoms with Crippen molar-refractivity contribution in [1.82, 2.24) is 10.3 Å². The van der Waals surface area contributed by atoms with E-state index in [1.807, 2.05) is 0 Å². The maximum atomic E-state index is 15.1. The molecule has 188 valence electrons. The van der Waals surface area contributed by atoms with E-state index in [2.05, 4.69) is 10.3 Å². The fraction of sp³-hybridized carbons (Fsp3) is 0.240. The lowest BCUT2D eigenvalue weighted by Crippen LogP contribution is -2.44. The van der Waals surface area contributed by atoms with Crippen molar-refractivity contribution in [1.29, 1.82) is 0 Å². The van der Waals surface area contributed by atoms with Crippen LogP contribution in [0.3, 0.4) is 0 Å². The highest BCUT2D eigenvalue weighted by atomic mass is 35.5. The zero-order chi connectivity index (χ0) is 26.2. The van der Waals surface area contributed by atoms with Crippen molar-refractivity contribution >= 4 is 41.7 Å². The molecule has 1 saturated heterocycles. The molecule has 1 N–H and O–H groups in total. The van der Waals surface area contributed by atoms with Crippen molar-refractivity contribution in [2.45, 2.75) is 12.0 Å². The molecule has 2 aromatic carbocycles. The maximum absolute atomic E-state index is 15.1. The van der Waals surface area contributed by atoms with E-state index < -0.39 is 42.6 Å². The number of anilines is 1. The van der Waals surface area contributed by atoms with Crippen LogP contribution in [0.4, 0.5) is 14.5 Å². The Morgan fingerprint density at radius 1 is 1.17 bits per heavy atom. The number of pyridine rings is 1. The van der Waals surface area contributed by atoms with E-state index in [-0.39, 0.29) is 34.5 Å². The number of rotatable bonds is 6. The number of hydrogen-bond acceptors (Lipinski definition) is 5. The van der Waals surface area contributed by atoms with E-state index in [1.165, 1.54) is 55.8 Å². The van der Waals surface area contributed by atoms with Crippen LogP contribution >= 0.6 is 18.7 Å². The average Bonchev–Trinajstić information content (AvgIpc) is 3.14. The summed E-state index contributed by atoms with van der Waals surface area (Å²) in [4.78, 5) is 32.1. The molecule has 4 rings (SSSR count). The van der Waals surface area contributed by atoms with Crippen LogP contribution in [0.1, 0.15) is 21.8 Å². The van der Waals surface area contributed by atoms with E-state index in [4.69, 9.17) is 16.3 Å². The van der Waals surface area contributed by atoms with Gasteiger partial charge < -0.3 is 19.5 Å². The zero-order valence-corrected chi connectivity index (χ0v) is 21.3. The quantitative estimate of drug-likeness (QED) is 0.480. The lowest BCUT2D eigenvalue weighted by Gasteiger charge is -2.21. The van der Waals surface area contributed by atoms with Crippen LogP contribution in [0.2, 0.25) is 5.02 Å². The minimum Gasteiger partial charge on any atom is -0.497 e. The van der Waals surface area contributed by atoms with Crippen molar-refractivity contribution in [2.24, 2.45) is 0 Å². The van der Waals surface area contributed by atoms with Gasteiger partial charge in [0.2, 0.25) is 5.91 Å². The van der Waals surface area contributed by atoms with E-state index in [0.717, 1.165) is 12.1 Å². The number of amides is 2. The molecule has 1 aliphatic rings. The largest absolute Gasteiger partial charge is 0.497 e. The molecule has 36 heavy (non-hydrogen) atoms. The molecule has 7 nitrogen and oxygen atoms in total. The first kappa shape index (κ1) is 25.8. The molecule has 1 aromatic heterocycles. The van der Waals surface area contributed by atoms with Crippen LogP contribution in [-0.2, 0) is 9.36 Å². The number of nitrogens with zero attached hydrogens (tertiary/aromatic N) is 2. The van der Waals surface area contributed by atoms with Gasteiger partial charge in [-0.2, -0.15) is 0 Å². The summed E-state index contributed by atoms with van der Waals surface area (Å²) in [7, 11) is -1.65. The number of methoxy groups -OCH3 is 1. The van der Waals surface area contributed by atoms with Gasteiger partial charge in [0.15, 0.2) is 0 Å². The van der Waals surface area contributed by atoms with Gasteiger partial charge in [-0.05, 0) is 49.7 Å². The minimum atomic E-state index is -2.93. The Kier molecular flexibility index (Phi) is 7.16. The van der Waals surface area contributed by atoms with Crippen LogP contribution in [-0.4, -0.2) is 49.8 Å². The maximum Gasteiger partial charge on any atom is 0.251 e. The molecule has 0 spiro atoms. The SMILES string of the molecule is COc1cc(F)c([C@@H]2CN(c3cccnc3P(C)(C)=O)C(=O)[C@H]2NC(=O)c2ccc(Cl)cc2)c(F)c1. The highest BCUT2D eigenvalue weighted by molar-refractivity contribution is 7.70. The van der Waals surface area contributed by atoms with Crippen molar-refractivity contribution in [2.75, 3.05) is 31.9 Å². The Labute approximate surface area is 211 Å². The second kappa shape index (κ2) is 9.99. The molecule has 11 heteroatoms. The second-order valence-corrected chi connectivity index (χ2v) is 12.3. The minimum absolute atomic E-state index is 0.0240. The molecule has 0 aliphatic carbocycles. The van der Waals surface area contributed by atoms with Gasteiger partial charge in [0.1, 0.15) is 36.0 Å². The van der Waals surface area contributed by atoms with Crippen molar-refractivity contribution < 1.29 is 27.7 Å². The summed E-state index contributed by atoms with van der Waals surface area (Å²) >= 11 is 5.90. The number of halogens is 3. The number of aromatic nitrogens is 1. The summed E-state index contributed by atoms with van der Waals surface area (Å²) in [5.74, 6) is -4.18. The molecule has 0 radical (unpaired) electrons. The monoisotopic (exact) mass is 533 g/mol. The molecule has 2 atom stereocenters. The average molecular weight is 534 g/mol. The molecule has 1 fully saturated rings. The molecular formula is C25H23ClF2N3O4P. The Bertz CT molecular complexity index is 1360. The van der Waals surface area contributed by atoms with Crippen LogP contribution in [0.15, 0.2) is 54.7 Å². The van der Waals surface area contributed by atoms with Crippen molar-refractivity contribution in [3.05, 3.63) is 82.5 Å². The van der Waals surface area contributed by atoms with Crippen molar-refractivity contribution in [3.8, 4) is 5.75 Å². The van der Waals surface area contributed by atoms with Gasteiger partial charge in [0.25, 0.3) is 5.91 Å². The summed E-state index contributed by atoms with van der Waals surface area (Å²) in [5.41, 5.74) is 0.319. The highest BCUT2D eigenvalue weighted by Gasteiger charge is 2.46. The first-order valence-electron chi connectivity index (χ1n) is 10.9. The summed E-state index contributed by atoms with van der Waals surface area (Å²) in [5, 5.41) is 3.05. The molecule has 2 amide bonds. The lowest BCUT2D eigenvalue weighted by atomic mass is 9.92. The van der Waals surface area contributed by atoms with Gasteiger partial charge in [-0.3, -0.25) is 14.6 Å². The van der Waals surface area contributed by atoms with Gasteiger partial charge in [-0.15, -0.1) is 0 Å². The fourth-order valence-electron chi connectivity index (χ4n) is 4.24. The van der Waals surface area contributed by atoms with Crippen molar-refractivity contribution in [3.63, 3.8) is 0 Å². The standard InChI is InChI=1S/C25H23ClF2N3O4P/c1-35-16-11-18(27)21(19(28)12-16)17-13-31(20-5-4-10-29-24(20)36(2,3)34)25(33)22(17)30-23(32)14-6-8-15(26)9-7-14/h4-12,17,22H,13H2,1-3H3,(H,30,32)/t17-,22-/m0/s1. The number of benzene rings is 2. The fourth-order valence-corrected chi connectivity index (χ4v) is 5.46. The van der Waals surface area contributed by atoms with Crippen LogP contribution in [0.5, 0.6) is 5.75 Å². The number of ether oxygens (including phenoxy) is 1. The number of hydrogen-bond donors (Lipinski definition) is 1.